The molecule has 0 bridgehead atoms. The summed E-state index contributed by atoms with van der Waals surface area (Å²) in [4.78, 5) is 39.0. The summed E-state index contributed by atoms with van der Waals surface area (Å²) in [6.07, 6.45) is -1.12. The second-order valence-electron chi connectivity index (χ2n) is 6.17. The topological polar surface area (TPSA) is 92.8 Å². The maximum atomic E-state index is 12.9. The Morgan fingerprint density at radius 3 is 2.61 bits per heavy atom. The van der Waals surface area contributed by atoms with Crippen LogP contribution in [0.5, 0.6) is 0 Å². The van der Waals surface area contributed by atoms with Crippen molar-refractivity contribution in [2.45, 2.75) is 24.8 Å². The van der Waals surface area contributed by atoms with Gasteiger partial charge in [-0.2, -0.15) is 0 Å². The average molecular weight is 400 g/mol. The van der Waals surface area contributed by atoms with Crippen LogP contribution in [-0.4, -0.2) is 40.4 Å². The third-order valence-electron chi connectivity index (χ3n) is 4.28. The van der Waals surface area contributed by atoms with Gasteiger partial charge >= 0.3 is 5.97 Å². The van der Waals surface area contributed by atoms with E-state index in [9.17, 15) is 18.6 Å². The summed E-state index contributed by atoms with van der Waals surface area (Å²) in [5.41, 5.74) is 1.23. The number of hydrogen-bond acceptors (Lipinski definition) is 5. The standard InChI is InChI=1S/C20H20N2O5S/c1-3-28(26)17-11-7-4-8-14(17)20(25)27-13(2)19(24)22-12-18(23)21-15-9-5-6-10-16(15)22/h4-11,13H,3,12H2,1-2H3,(H,21,23)/t13-,28-/m1/s1. The number of nitrogens with zero attached hydrogens (tertiary/aromatic N) is 1. The predicted molar refractivity (Wildman–Crippen MR) is 106 cm³/mol. The summed E-state index contributed by atoms with van der Waals surface area (Å²) in [5.74, 6) is -1.20. The second-order valence-corrected chi connectivity index (χ2v) is 7.88. The van der Waals surface area contributed by atoms with Crippen LogP contribution in [0.3, 0.4) is 0 Å². The van der Waals surface area contributed by atoms with E-state index in [1.54, 1.807) is 49.4 Å². The molecular formula is C20H20N2O5S. The molecule has 146 valence electrons. The van der Waals surface area contributed by atoms with Crippen LogP contribution < -0.4 is 10.2 Å². The summed E-state index contributed by atoms with van der Waals surface area (Å²) in [5, 5.41) is 2.70. The van der Waals surface area contributed by atoms with Crippen LogP contribution in [0, 0.1) is 0 Å². The number of carbonyl (C=O) groups is 3. The molecule has 1 aliphatic heterocycles. The van der Waals surface area contributed by atoms with Gasteiger partial charge in [0.2, 0.25) is 5.91 Å². The minimum Gasteiger partial charge on any atom is -0.449 e. The molecule has 0 saturated carbocycles. The molecule has 2 aromatic carbocycles. The number of fused-ring (bicyclic) bond motifs is 1. The van der Waals surface area contributed by atoms with Crippen LogP contribution in [0.15, 0.2) is 53.4 Å². The Hall–Kier alpha value is -3.00. The fraction of sp³-hybridized carbons (Fsp3) is 0.250. The van der Waals surface area contributed by atoms with Gasteiger partial charge in [0.15, 0.2) is 6.10 Å². The quantitative estimate of drug-likeness (QED) is 0.778. The van der Waals surface area contributed by atoms with Crippen LogP contribution in [-0.2, 0) is 25.1 Å². The molecule has 0 saturated heterocycles. The van der Waals surface area contributed by atoms with Crippen molar-refractivity contribution in [2.75, 3.05) is 22.5 Å². The van der Waals surface area contributed by atoms with Crippen molar-refractivity contribution < 1.29 is 23.3 Å². The van der Waals surface area contributed by atoms with Gasteiger partial charge in [-0.3, -0.25) is 18.7 Å². The number of hydrogen-bond donors (Lipinski definition) is 1. The number of nitrogens with one attached hydrogen (secondary N) is 1. The first-order valence-corrected chi connectivity index (χ1v) is 10.1. The molecule has 1 heterocycles. The van der Waals surface area contributed by atoms with E-state index in [4.69, 9.17) is 4.74 Å². The van der Waals surface area contributed by atoms with Crippen LogP contribution in [0.1, 0.15) is 24.2 Å². The molecule has 0 spiro atoms. The number of ether oxygens (including phenoxy) is 1. The van der Waals surface area contributed by atoms with Gasteiger partial charge in [0.1, 0.15) is 6.54 Å². The van der Waals surface area contributed by atoms with Gasteiger partial charge in [0.05, 0.1) is 32.6 Å². The lowest BCUT2D eigenvalue weighted by Crippen LogP contribution is -2.47. The third kappa shape index (κ3) is 3.96. The van der Waals surface area contributed by atoms with Gasteiger partial charge in [-0.1, -0.05) is 31.2 Å². The van der Waals surface area contributed by atoms with Gasteiger partial charge in [0, 0.05) is 5.75 Å². The zero-order valence-electron chi connectivity index (χ0n) is 15.5. The van der Waals surface area contributed by atoms with Crippen molar-refractivity contribution in [3.05, 3.63) is 54.1 Å². The first-order valence-electron chi connectivity index (χ1n) is 8.81. The summed E-state index contributed by atoms with van der Waals surface area (Å²) >= 11 is 0. The smallest absolute Gasteiger partial charge is 0.340 e. The Kier molecular flexibility index (Phi) is 5.89. The number of benzene rings is 2. The van der Waals surface area contributed by atoms with Crippen LogP contribution in [0.25, 0.3) is 0 Å². The van der Waals surface area contributed by atoms with Crippen LogP contribution >= 0.6 is 0 Å². The molecule has 0 aromatic heterocycles. The van der Waals surface area contributed by atoms with E-state index in [-0.39, 0.29) is 18.0 Å². The molecule has 2 aromatic rings. The van der Waals surface area contributed by atoms with E-state index in [1.807, 2.05) is 0 Å². The highest BCUT2D eigenvalue weighted by atomic mass is 32.2. The molecule has 2 atom stereocenters. The largest absolute Gasteiger partial charge is 0.449 e. The van der Waals surface area contributed by atoms with E-state index >= 15 is 0 Å². The molecule has 28 heavy (non-hydrogen) atoms. The molecule has 2 amide bonds. The Balaban J connectivity index is 1.80. The molecule has 1 N–H and O–H groups in total. The van der Waals surface area contributed by atoms with E-state index in [2.05, 4.69) is 5.32 Å². The maximum absolute atomic E-state index is 12.9. The van der Waals surface area contributed by atoms with Gasteiger partial charge in [-0.05, 0) is 31.2 Å². The number of amides is 2. The number of carbonyl (C=O) groups excluding carboxylic acids is 3. The Labute approximate surface area is 165 Å². The molecule has 3 rings (SSSR count). The average Bonchev–Trinajstić information content (AvgIpc) is 2.71. The second kappa shape index (κ2) is 8.35. The first kappa shape index (κ1) is 19.8. The Bertz CT molecular complexity index is 959. The minimum atomic E-state index is -1.34. The van der Waals surface area contributed by atoms with E-state index in [1.165, 1.54) is 17.9 Å². The molecule has 7 nitrogen and oxygen atoms in total. The monoisotopic (exact) mass is 400 g/mol. The number of para-hydroxylation sites is 2. The Morgan fingerprint density at radius 2 is 1.86 bits per heavy atom. The summed E-state index contributed by atoms with van der Waals surface area (Å²) in [6.45, 7) is 3.05. The van der Waals surface area contributed by atoms with Gasteiger partial charge in [0.25, 0.3) is 5.91 Å². The lowest BCUT2D eigenvalue weighted by Gasteiger charge is -2.30. The zero-order valence-corrected chi connectivity index (χ0v) is 16.3. The highest BCUT2D eigenvalue weighted by molar-refractivity contribution is 7.85. The molecular weight excluding hydrogens is 380 g/mol. The van der Waals surface area contributed by atoms with Crippen molar-refractivity contribution in [3.63, 3.8) is 0 Å². The molecule has 0 unspecified atom stereocenters. The first-order chi connectivity index (χ1) is 13.4. The third-order valence-corrected chi connectivity index (χ3v) is 5.65. The predicted octanol–water partition coefficient (Wildman–Crippen LogP) is 2.34. The molecule has 1 aliphatic rings. The van der Waals surface area contributed by atoms with Crippen LogP contribution in [0.2, 0.25) is 0 Å². The van der Waals surface area contributed by atoms with Crippen LogP contribution in [0.4, 0.5) is 11.4 Å². The van der Waals surface area contributed by atoms with Crippen molar-refractivity contribution in [1.29, 1.82) is 0 Å². The fourth-order valence-corrected chi connectivity index (χ4v) is 3.85. The van der Waals surface area contributed by atoms with Crippen molar-refractivity contribution >= 4 is 40.0 Å². The minimum absolute atomic E-state index is 0.159. The van der Waals surface area contributed by atoms with E-state index in [0.717, 1.165) is 0 Å². The number of rotatable bonds is 5. The number of esters is 1. The lowest BCUT2D eigenvalue weighted by molar-refractivity contribution is -0.128. The maximum Gasteiger partial charge on any atom is 0.340 e. The van der Waals surface area contributed by atoms with Gasteiger partial charge in [-0.15, -0.1) is 0 Å². The summed E-state index contributed by atoms with van der Waals surface area (Å²) in [6, 6.07) is 13.4. The Morgan fingerprint density at radius 1 is 1.18 bits per heavy atom. The van der Waals surface area contributed by atoms with E-state index in [0.29, 0.717) is 22.0 Å². The summed E-state index contributed by atoms with van der Waals surface area (Å²) < 4.78 is 17.5. The molecule has 0 fully saturated rings. The SMILES string of the molecule is CC[S@@](=O)c1ccccc1C(=O)O[C@H](C)C(=O)N1CC(=O)Nc2ccccc21. The van der Waals surface area contributed by atoms with Gasteiger partial charge < -0.3 is 10.1 Å². The highest BCUT2D eigenvalue weighted by Gasteiger charge is 2.32. The number of anilines is 2. The summed E-state index contributed by atoms with van der Waals surface area (Å²) in [7, 11) is -1.34. The van der Waals surface area contributed by atoms with Crippen molar-refractivity contribution in [3.8, 4) is 0 Å². The lowest BCUT2D eigenvalue weighted by atomic mass is 10.1. The van der Waals surface area contributed by atoms with E-state index < -0.39 is 28.8 Å². The normalized spacial score (nSPS) is 15.2. The molecule has 8 heteroatoms. The fourth-order valence-electron chi connectivity index (χ4n) is 2.91. The molecule has 0 radical (unpaired) electrons. The molecule has 0 aliphatic carbocycles. The van der Waals surface area contributed by atoms with Crippen molar-refractivity contribution in [1.82, 2.24) is 0 Å². The zero-order chi connectivity index (χ0) is 20.3. The van der Waals surface area contributed by atoms with Gasteiger partial charge in [-0.25, -0.2) is 4.79 Å². The highest BCUT2D eigenvalue weighted by Crippen LogP contribution is 2.29. The van der Waals surface area contributed by atoms with Crippen molar-refractivity contribution in [2.24, 2.45) is 0 Å².